The highest BCUT2D eigenvalue weighted by molar-refractivity contribution is 6.41. The molecule has 14 heavy (non-hydrogen) atoms. The molecule has 0 spiro atoms. The highest BCUT2D eigenvalue weighted by Crippen LogP contribution is 2.33. The Hall–Kier alpha value is -0.370. The summed E-state index contributed by atoms with van der Waals surface area (Å²) in [5, 5.41) is 4.71. The average Bonchev–Trinajstić information content (AvgIpc) is 2.09. The van der Waals surface area contributed by atoms with Gasteiger partial charge in [0.25, 0.3) is 0 Å². The van der Waals surface area contributed by atoms with Crippen LogP contribution in [0.2, 0.25) is 15.1 Å². The fourth-order valence-electron chi connectivity index (χ4n) is 0.990. The third kappa shape index (κ3) is 3.09. The average molecular weight is 251 g/mol. The van der Waals surface area contributed by atoms with Gasteiger partial charge in [-0.05, 0) is 19.1 Å². The topological polar surface area (TPSA) is 12.0 Å². The van der Waals surface area contributed by atoms with Crippen molar-refractivity contribution in [3.8, 4) is 0 Å². The van der Waals surface area contributed by atoms with Gasteiger partial charge in [-0.1, -0.05) is 47.0 Å². The van der Waals surface area contributed by atoms with Crippen LogP contribution < -0.4 is 5.32 Å². The molecule has 0 aliphatic carbocycles. The Morgan fingerprint density at radius 3 is 2.29 bits per heavy atom. The molecule has 0 fully saturated rings. The predicted molar refractivity (Wildman–Crippen MR) is 64.8 cm³/mol. The predicted octanol–water partition coefficient (Wildman–Crippen LogP) is 4.63. The zero-order chi connectivity index (χ0) is 10.6. The van der Waals surface area contributed by atoms with Gasteiger partial charge in [0.2, 0.25) is 0 Å². The Morgan fingerprint density at radius 1 is 1.21 bits per heavy atom. The minimum atomic E-state index is 0.534. The van der Waals surface area contributed by atoms with Crippen LogP contribution in [-0.2, 0) is 0 Å². The van der Waals surface area contributed by atoms with E-state index >= 15 is 0 Å². The van der Waals surface area contributed by atoms with Crippen molar-refractivity contribution in [2.24, 2.45) is 0 Å². The summed E-state index contributed by atoms with van der Waals surface area (Å²) < 4.78 is 0. The number of benzene rings is 1. The second-order valence-electron chi connectivity index (χ2n) is 2.69. The van der Waals surface area contributed by atoms with E-state index in [9.17, 15) is 0 Å². The third-order valence-corrected chi connectivity index (χ3v) is 2.45. The van der Waals surface area contributed by atoms with Gasteiger partial charge in [0.15, 0.2) is 0 Å². The first kappa shape index (κ1) is 11.7. The van der Waals surface area contributed by atoms with Crippen LogP contribution in [0.1, 0.15) is 6.92 Å². The summed E-state index contributed by atoms with van der Waals surface area (Å²) in [4.78, 5) is 0. The lowest BCUT2D eigenvalue weighted by Crippen LogP contribution is -1.99. The van der Waals surface area contributed by atoms with E-state index in [1.165, 1.54) is 0 Å². The zero-order valence-electron chi connectivity index (χ0n) is 7.65. The van der Waals surface area contributed by atoms with Gasteiger partial charge in [0, 0.05) is 11.6 Å². The van der Waals surface area contributed by atoms with Crippen LogP contribution in [-0.4, -0.2) is 6.54 Å². The maximum atomic E-state index is 5.96. The Bertz CT molecular complexity index is 324. The summed E-state index contributed by atoms with van der Waals surface area (Å²) in [6, 6.07) is 3.32. The summed E-state index contributed by atoms with van der Waals surface area (Å²) in [7, 11) is 0. The molecule has 0 radical (unpaired) electrons. The number of hydrogen-bond donors (Lipinski definition) is 1. The van der Waals surface area contributed by atoms with Crippen LogP contribution in [0.15, 0.2) is 24.3 Å². The molecule has 1 rings (SSSR count). The SMILES string of the molecule is C/C=C/CNc1c(Cl)cc(Cl)cc1Cl. The fourth-order valence-corrected chi connectivity index (χ4v) is 1.94. The summed E-state index contributed by atoms with van der Waals surface area (Å²) in [6.45, 7) is 2.64. The highest BCUT2D eigenvalue weighted by Gasteiger charge is 2.05. The summed E-state index contributed by atoms with van der Waals surface area (Å²) in [5.41, 5.74) is 0.718. The van der Waals surface area contributed by atoms with Gasteiger partial charge >= 0.3 is 0 Å². The molecule has 4 heteroatoms. The number of allylic oxidation sites excluding steroid dienone is 1. The van der Waals surface area contributed by atoms with Crippen LogP contribution in [0.4, 0.5) is 5.69 Å². The largest absolute Gasteiger partial charge is 0.379 e. The standard InChI is InChI=1S/C10H10Cl3N/c1-2-3-4-14-10-8(12)5-7(11)6-9(10)13/h2-3,5-6,14H,4H2,1H3/b3-2+. The van der Waals surface area contributed by atoms with E-state index in [1.807, 2.05) is 19.1 Å². The molecular formula is C10H10Cl3N. The van der Waals surface area contributed by atoms with Crippen molar-refractivity contribution >= 4 is 40.5 Å². The molecule has 1 nitrogen and oxygen atoms in total. The summed E-state index contributed by atoms with van der Waals surface area (Å²) >= 11 is 17.7. The Balaban J connectivity index is 2.85. The molecule has 0 aliphatic heterocycles. The van der Waals surface area contributed by atoms with Crippen LogP contribution in [0.5, 0.6) is 0 Å². The van der Waals surface area contributed by atoms with Gasteiger partial charge in [-0.25, -0.2) is 0 Å². The molecule has 0 saturated heterocycles. The lowest BCUT2D eigenvalue weighted by molar-refractivity contribution is 1.33. The number of hydrogen-bond acceptors (Lipinski definition) is 1. The van der Waals surface area contributed by atoms with E-state index < -0.39 is 0 Å². The van der Waals surface area contributed by atoms with Crippen molar-refractivity contribution in [1.82, 2.24) is 0 Å². The van der Waals surface area contributed by atoms with Gasteiger partial charge < -0.3 is 5.32 Å². The quantitative estimate of drug-likeness (QED) is 0.771. The van der Waals surface area contributed by atoms with Crippen molar-refractivity contribution in [3.63, 3.8) is 0 Å². The van der Waals surface area contributed by atoms with E-state index in [-0.39, 0.29) is 0 Å². The Kier molecular flexibility index (Phi) is 4.59. The lowest BCUT2D eigenvalue weighted by Gasteiger charge is -2.08. The minimum Gasteiger partial charge on any atom is -0.379 e. The van der Waals surface area contributed by atoms with Gasteiger partial charge in [0.1, 0.15) is 0 Å². The maximum absolute atomic E-state index is 5.96. The molecule has 0 unspecified atom stereocenters. The molecule has 1 aromatic carbocycles. The Labute approximate surface area is 98.7 Å². The first-order chi connectivity index (χ1) is 6.65. The molecule has 0 amide bonds. The van der Waals surface area contributed by atoms with Gasteiger partial charge in [-0.3, -0.25) is 0 Å². The molecule has 0 aliphatic rings. The monoisotopic (exact) mass is 249 g/mol. The number of nitrogens with one attached hydrogen (secondary N) is 1. The first-order valence-electron chi connectivity index (χ1n) is 4.14. The van der Waals surface area contributed by atoms with Crippen LogP contribution in [0.3, 0.4) is 0 Å². The number of anilines is 1. The third-order valence-electron chi connectivity index (χ3n) is 1.64. The minimum absolute atomic E-state index is 0.534. The van der Waals surface area contributed by atoms with E-state index in [4.69, 9.17) is 34.8 Å². The zero-order valence-corrected chi connectivity index (χ0v) is 9.92. The van der Waals surface area contributed by atoms with E-state index in [0.29, 0.717) is 21.6 Å². The number of halogens is 3. The van der Waals surface area contributed by atoms with E-state index in [1.54, 1.807) is 12.1 Å². The van der Waals surface area contributed by atoms with Crippen LogP contribution >= 0.6 is 34.8 Å². The van der Waals surface area contributed by atoms with Crippen molar-refractivity contribution in [2.75, 3.05) is 11.9 Å². The van der Waals surface area contributed by atoms with Gasteiger partial charge in [0.05, 0.1) is 15.7 Å². The smallest absolute Gasteiger partial charge is 0.0722 e. The van der Waals surface area contributed by atoms with Crippen molar-refractivity contribution in [2.45, 2.75) is 6.92 Å². The van der Waals surface area contributed by atoms with Gasteiger partial charge in [-0.2, -0.15) is 0 Å². The highest BCUT2D eigenvalue weighted by atomic mass is 35.5. The first-order valence-corrected chi connectivity index (χ1v) is 5.28. The normalized spacial score (nSPS) is 10.9. The van der Waals surface area contributed by atoms with Crippen LogP contribution in [0.25, 0.3) is 0 Å². The molecule has 0 atom stereocenters. The molecule has 0 bridgehead atoms. The van der Waals surface area contributed by atoms with Crippen molar-refractivity contribution < 1.29 is 0 Å². The summed E-state index contributed by atoms with van der Waals surface area (Å²) in [5.74, 6) is 0. The van der Waals surface area contributed by atoms with Gasteiger partial charge in [-0.15, -0.1) is 0 Å². The second-order valence-corrected chi connectivity index (χ2v) is 3.95. The molecule has 1 N–H and O–H groups in total. The molecule has 0 heterocycles. The second kappa shape index (κ2) is 5.50. The van der Waals surface area contributed by atoms with Crippen molar-refractivity contribution in [3.05, 3.63) is 39.4 Å². The molecule has 0 aromatic heterocycles. The van der Waals surface area contributed by atoms with Crippen molar-refractivity contribution in [1.29, 1.82) is 0 Å². The lowest BCUT2D eigenvalue weighted by atomic mass is 10.3. The Morgan fingerprint density at radius 2 is 1.79 bits per heavy atom. The van der Waals surface area contributed by atoms with Crippen LogP contribution in [0, 0.1) is 0 Å². The summed E-state index contributed by atoms with van der Waals surface area (Å²) in [6.07, 6.45) is 3.92. The molecule has 0 saturated carbocycles. The molecule has 1 aromatic rings. The fraction of sp³-hybridized carbons (Fsp3) is 0.200. The molecular weight excluding hydrogens is 240 g/mol. The van der Waals surface area contributed by atoms with E-state index in [0.717, 1.165) is 5.69 Å². The van der Waals surface area contributed by atoms with E-state index in [2.05, 4.69) is 5.32 Å². The molecule has 76 valence electrons. The number of rotatable bonds is 3. The maximum Gasteiger partial charge on any atom is 0.0722 e.